The average molecular weight is 495 g/mol. The highest BCUT2D eigenvalue weighted by atomic mass is 32.2. The van der Waals surface area contributed by atoms with Crippen molar-refractivity contribution in [3.8, 4) is 5.75 Å². The zero-order valence-corrected chi connectivity index (χ0v) is 21.9. The molecule has 0 bridgehead atoms. The lowest BCUT2D eigenvalue weighted by Crippen LogP contribution is -2.42. The molecule has 3 aromatic rings. The number of amides is 1. The summed E-state index contributed by atoms with van der Waals surface area (Å²) in [6.45, 7) is 7.95. The number of carbonyl (C=O) groups excluding carboxylic acids is 1. The molecule has 0 aliphatic heterocycles. The quantitative estimate of drug-likeness (QED) is 0.442. The molecule has 6 nitrogen and oxygen atoms in total. The summed E-state index contributed by atoms with van der Waals surface area (Å²) < 4.78 is 33.4. The predicted octanol–water partition coefficient (Wildman–Crippen LogP) is 4.73. The molecule has 0 saturated carbocycles. The molecular weight excluding hydrogens is 460 g/mol. The molecule has 1 atom stereocenters. The van der Waals surface area contributed by atoms with Gasteiger partial charge in [-0.3, -0.25) is 4.79 Å². The molecule has 0 fully saturated rings. The average Bonchev–Trinajstić information content (AvgIpc) is 2.84. The number of benzene rings is 3. The van der Waals surface area contributed by atoms with E-state index in [0.29, 0.717) is 12.2 Å². The number of nitrogens with zero attached hydrogens (tertiary/aromatic N) is 1. The van der Waals surface area contributed by atoms with Crippen LogP contribution in [0.2, 0.25) is 0 Å². The van der Waals surface area contributed by atoms with Gasteiger partial charge in [0.05, 0.1) is 24.6 Å². The van der Waals surface area contributed by atoms with Crippen LogP contribution < -0.4 is 10.1 Å². The highest BCUT2D eigenvalue weighted by molar-refractivity contribution is 7.89. The Hall–Kier alpha value is -3.16. The minimum absolute atomic E-state index is 0.122. The van der Waals surface area contributed by atoms with Crippen molar-refractivity contribution in [2.75, 3.05) is 20.2 Å². The van der Waals surface area contributed by atoms with Crippen LogP contribution in [-0.2, 0) is 21.2 Å². The van der Waals surface area contributed by atoms with Gasteiger partial charge < -0.3 is 10.1 Å². The fraction of sp³-hybridized carbons (Fsp3) is 0.321. The van der Waals surface area contributed by atoms with Crippen molar-refractivity contribution >= 4 is 15.9 Å². The first-order valence-corrected chi connectivity index (χ1v) is 13.1. The van der Waals surface area contributed by atoms with Crippen molar-refractivity contribution in [1.29, 1.82) is 0 Å². The van der Waals surface area contributed by atoms with E-state index in [2.05, 4.69) is 24.4 Å². The van der Waals surface area contributed by atoms with E-state index in [1.54, 1.807) is 12.1 Å². The summed E-state index contributed by atoms with van der Waals surface area (Å²) in [6, 6.07) is 19.8. The lowest BCUT2D eigenvalue weighted by Gasteiger charge is -2.24. The second kappa shape index (κ2) is 11.5. The van der Waals surface area contributed by atoms with Gasteiger partial charge in [-0.1, -0.05) is 42.5 Å². The highest BCUT2D eigenvalue weighted by Crippen LogP contribution is 2.23. The maximum Gasteiger partial charge on any atom is 0.243 e. The Labute approximate surface area is 209 Å². The van der Waals surface area contributed by atoms with Gasteiger partial charge in [-0.2, -0.15) is 4.31 Å². The van der Waals surface area contributed by atoms with E-state index >= 15 is 0 Å². The van der Waals surface area contributed by atoms with Crippen LogP contribution in [0.3, 0.4) is 0 Å². The minimum atomic E-state index is -3.90. The maximum absolute atomic E-state index is 13.5. The zero-order valence-electron chi connectivity index (χ0n) is 21.0. The monoisotopic (exact) mass is 494 g/mol. The molecule has 1 N–H and O–H groups in total. The summed E-state index contributed by atoms with van der Waals surface area (Å²) in [6.07, 6.45) is 0.495. The van der Waals surface area contributed by atoms with Crippen molar-refractivity contribution < 1.29 is 17.9 Å². The van der Waals surface area contributed by atoms with E-state index in [9.17, 15) is 13.2 Å². The van der Waals surface area contributed by atoms with Crippen LogP contribution in [0.4, 0.5) is 0 Å². The lowest BCUT2D eigenvalue weighted by molar-refractivity contribution is -0.121. The van der Waals surface area contributed by atoms with Crippen molar-refractivity contribution in [2.24, 2.45) is 0 Å². The van der Waals surface area contributed by atoms with Crippen LogP contribution in [0.15, 0.2) is 71.6 Å². The SMILES string of the molecule is COc1ccc(S(=O)(=O)N(CCc2ccccc2)CC(=O)N[C@H](C)c2cc(C)c(C)cc2C)cc1. The zero-order chi connectivity index (χ0) is 25.6. The molecule has 0 aromatic heterocycles. The molecule has 186 valence electrons. The van der Waals surface area contributed by atoms with Gasteiger partial charge in [-0.05, 0) is 86.2 Å². The molecule has 3 rings (SSSR count). The van der Waals surface area contributed by atoms with E-state index in [-0.39, 0.29) is 29.9 Å². The summed E-state index contributed by atoms with van der Waals surface area (Å²) in [5.41, 5.74) is 5.46. The van der Waals surface area contributed by atoms with E-state index in [1.165, 1.54) is 29.1 Å². The first-order valence-electron chi connectivity index (χ1n) is 11.7. The molecule has 0 heterocycles. The van der Waals surface area contributed by atoms with Gasteiger partial charge in [-0.25, -0.2) is 8.42 Å². The highest BCUT2D eigenvalue weighted by Gasteiger charge is 2.27. The molecule has 0 radical (unpaired) electrons. The molecule has 0 aliphatic carbocycles. The Morgan fingerprint density at radius 2 is 1.57 bits per heavy atom. The molecule has 7 heteroatoms. The molecule has 0 aliphatic rings. The normalized spacial score (nSPS) is 12.4. The lowest BCUT2D eigenvalue weighted by atomic mass is 9.96. The Morgan fingerprint density at radius 3 is 2.20 bits per heavy atom. The van der Waals surface area contributed by atoms with Gasteiger partial charge in [0.15, 0.2) is 0 Å². The van der Waals surface area contributed by atoms with E-state index < -0.39 is 10.0 Å². The third-order valence-corrected chi connectivity index (χ3v) is 8.10. The Kier molecular flexibility index (Phi) is 8.70. The summed E-state index contributed by atoms with van der Waals surface area (Å²) in [4.78, 5) is 13.2. The summed E-state index contributed by atoms with van der Waals surface area (Å²) in [5.74, 6) is 0.218. The van der Waals surface area contributed by atoms with E-state index in [1.807, 2.05) is 51.1 Å². The Balaban J connectivity index is 1.81. The maximum atomic E-state index is 13.5. The number of methoxy groups -OCH3 is 1. The standard InChI is InChI=1S/C28H34N2O4S/c1-20-17-22(3)27(18-21(20)2)23(4)29-28(31)19-30(16-15-24-9-7-6-8-10-24)35(32,33)26-13-11-25(34-5)12-14-26/h6-14,17-18,23H,15-16,19H2,1-5H3,(H,29,31)/t23-/m1/s1. The van der Waals surface area contributed by atoms with E-state index in [4.69, 9.17) is 4.74 Å². The van der Waals surface area contributed by atoms with Crippen molar-refractivity contribution in [3.05, 3.63) is 94.5 Å². The number of carbonyl (C=O) groups is 1. The minimum Gasteiger partial charge on any atom is -0.497 e. The number of hydrogen-bond acceptors (Lipinski definition) is 4. The number of aryl methyl sites for hydroxylation is 3. The number of sulfonamides is 1. The number of rotatable bonds is 10. The van der Waals surface area contributed by atoms with Crippen molar-refractivity contribution in [2.45, 2.75) is 45.1 Å². The van der Waals surface area contributed by atoms with Gasteiger partial charge in [0.25, 0.3) is 0 Å². The number of ether oxygens (including phenoxy) is 1. The first kappa shape index (κ1) is 26.4. The summed E-state index contributed by atoms with van der Waals surface area (Å²) >= 11 is 0. The van der Waals surface area contributed by atoms with Gasteiger partial charge in [0, 0.05) is 6.54 Å². The first-order chi connectivity index (χ1) is 16.6. The Morgan fingerprint density at radius 1 is 0.943 bits per heavy atom. The van der Waals surface area contributed by atoms with Crippen molar-refractivity contribution in [1.82, 2.24) is 9.62 Å². The third-order valence-electron chi connectivity index (χ3n) is 6.24. The third kappa shape index (κ3) is 6.71. The van der Waals surface area contributed by atoms with Gasteiger partial charge in [-0.15, -0.1) is 0 Å². The van der Waals surface area contributed by atoms with Crippen LogP contribution in [0.25, 0.3) is 0 Å². The molecule has 0 unspecified atom stereocenters. The topological polar surface area (TPSA) is 75.7 Å². The second-order valence-corrected chi connectivity index (χ2v) is 10.8. The fourth-order valence-corrected chi connectivity index (χ4v) is 5.45. The predicted molar refractivity (Wildman–Crippen MR) is 139 cm³/mol. The second-order valence-electron chi connectivity index (χ2n) is 8.83. The molecule has 0 spiro atoms. The van der Waals surface area contributed by atoms with Crippen LogP contribution in [-0.4, -0.2) is 38.8 Å². The Bertz CT molecular complexity index is 1260. The van der Waals surface area contributed by atoms with Crippen LogP contribution in [0.1, 0.15) is 40.8 Å². The molecular formula is C28H34N2O4S. The molecule has 3 aromatic carbocycles. The van der Waals surface area contributed by atoms with Gasteiger partial charge in [0.1, 0.15) is 5.75 Å². The number of hydrogen-bond donors (Lipinski definition) is 1. The largest absolute Gasteiger partial charge is 0.497 e. The summed E-state index contributed by atoms with van der Waals surface area (Å²) in [7, 11) is -2.37. The summed E-state index contributed by atoms with van der Waals surface area (Å²) in [5, 5.41) is 2.99. The van der Waals surface area contributed by atoms with Crippen LogP contribution in [0.5, 0.6) is 5.75 Å². The van der Waals surface area contributed by atoms with Crippen molar-refractivity contribution in [3.63, 3.8) is 0 Å². The fourth-order valence-electron chi connectivity index (χ4n) is 4.05. The van der Waals surface area contributed by atoms with Gasteiger partial charge in [0.2, 0.25) is 15.9 Å². The van der Waals surface area contributed by atoms with Gasteiger partial charge >= 0.3 is 0 Å². The molecule has 0 saturated heterocycles. The van der Waals surface area contributed by atoms with Crippen LogP contribution in [0, 0.1) is 20.8 Å². The van der Waals surface area contributed by atoms with E-state index in [0.717, 1.165) is 22.3 Å². The number of nitrogens with one attached hydrogen (secondary N) is 1. The molecule has 35 heavy (non-hydrogen) atoms. The molecule has 1 amide bonds. The van der Waals surface area contributed by atoms with Crippen LogP contribution >= 0.6 is 0 Å². The smallest absolute Gasteiger partial charge is 0.243 e.